The lowest BCUT2D eigenvalue weighted by Gasteiger charge is -2.25. The molecule has 1 atom stereocenters. The number of hydrogen-bond donors (Lipinski definition) is 0. The molecule has 42 heavy (non-hydrogen) atoms. The molecule has 1 aromatic heterocycles. The van der Waals surface area contributed by atoms with Crippen LogP contribution < -0.4 is 4.90 Å². The van der Waals surface area contributed by atoms with Crippen molar-refractivity contribution in [1.29, 1.82) is 0 Å². The third kappa shape index (κ3) is 5.77. The van der Waals surface area contributed by atoms with Crippen LogP contribution >= 0.6 is 11.8 Å². The van der Waals surface area contributed by atoms with Crippen molar-refractivity contribution in [3.05, 3.63) is 131 Å². The maximum atomic E-state index is 14.0. The Balaban J connectivity index is 1.31. The van der Waals surface area contributed by atoms with Gasteiger partial charge in [0.05, 0.1) is 17.1 Å². The molecule has 1 unspecified atom stereocenters. The number of aromatic nitrogens is 3. The molecule has 0 N–H and O–H groups in total. The van der Waals surface area contributed by atoms with E-state index in [0.717, 1.165) is 42.1 Å². The number of benzene rings is 4. The van der Waals surface area contributed by atoms with Crippen molar-refractivity contribution in [2.24, 2.45) is 5.92 Å². The summed E-state index contributed by atoms with van der Waals surface area (Å²) in [6.45, 7) is 6.66. The van der Waals surface area contributed by atoms with Gasteiger partial charge in [-0.3, -0.25) is 14.3 Å². The summed E-state index contributed by atoms with van der Waals surface area (Å²) < 4.78 is 2.11. The van der Waals surface area contributed by atoms with Crippen LogP contribution in [0, 0.1) is 5.92 Å². The molecule has 6 heteroatoms. The molecule has 0 saturated carbocycles. The van der Waals surface area contributed by atoms with Gasteiger partial charge in [0, 0.05) is 11.6 Å². The van der Waals surface area contributed by atoms with Gasteiger partial charge in [-0.05, 0) is 71.7 Å². The standard InChI is InChI=1S/C36H36N4OS/c1-25(2)23-27-17-19-28(20-18-27)26(3)35-37-38-36(39(35)31-13-5-4-6-14-31)42-24-34(41)40-32-15-9-7-11-29(32)21-22-30-12-8-10-16-33(30)40/h4-20,25-26H,21-24H2,1-3H3. The van der Waals surface area contributed by atoms with Gasteiger partial charge in [0.15, 0.2) is 5.16 Å². The predicted molar refractivity (Wildman–Crippen MR) is 172 cm³/mol. The monoisotopic (exact) mass is 572 g/mol. The number of amides is 1. The van der Waals surface area contributed by atoms with Crippen LogP contribution in [0.5, 0.6) is 0 Å². The number of rotatable bonds is 8. The van der Waals surface area contributed by atoms with Crippen LogP contribution in [0.1, 0.15) is 54.8 Å². The molecule has 5 nitrogen and oxygen atoms in total. The summed E-state index contributed by atoms with van der Waals surface area (Å²) in [6, 6.07) is 35.5. The molecule has 212 valence electrons. The van der Waals surface area contributed by atoms with E-state index < -0.39 is 0 Å². The summed E-state index contributed by atoms with van der Waals surface area (Å²) in [4.78, 5) is 15.9. The molecule has 4 aromatic carbocycles. The van der Waals surface area contributed by atoms with Crippen LogP contribution in [0.2, 0.25) is 0 Å². The molecule has 5 aromatic rings. The first-order chi connectivity index (χ1) is 20.5. The Kier molecular flexibility index (Phi) is 8.24. The van der Waals surface area contributed by atoms with Gasteiger partial charge >= 0.3 is 0 Å². The Labute approximate surface area is 252 Å². The van der Waals surface area contributed by atoms with Crippen molar-refractivity contribution in [2.45, 2.75) is 51.1 Å². The van der Waals surface area contributed by atoms with Gasteiger partial charge in [-0.25, -0.2) is 0 Å². The van der Waals surface area contributed by atoms with Crippen molar-refractivity contribution >= 4 is 29.0 Å². The molecule has 0 aliphatic carbocycles. The summed E-state index contributed by atoms with van der Waals surface area (Å²) in [5.41, 5.74) is 7.83. The normalized spacial score (nSPS) is 13.4. The average Bonchev–Trinajstić information content (AvgIpc) is 3.36. The molecule has 0 radical (unpaired) electrons. The quantitative estimate of drug-likeness (QED) is 0.176. The molecule has 1 aliphatic heterocycles. The van der Waals surface area contributed by atoms with Gasteiger partial charge in [-0.2, -0.15) is 0 Å². The molecule has 0 bridgehead atoms. The molecular formula is C36H36N4OS. The third-order valence-electron chi connectivity index (χ3n) is 7.89. The Hall–Kier alpha value is -4.16. The molecular weight excluding hydrogens is 536 g/mol. The minimum absolute atomic E-state index is 0.0275. The lowest BCUT2D eigenvalue weighted by molar-refractivity contribution is -0.115. The maximum Gasteiger partial charge on any atom is 0.242 e. The Morgan fingerprint density at radius 2 is 1.36 bits per heavy atom. The fourth-order valence-corrected chi connectivity index (χ4v) is 6.59. The topological polar surface area (TPSA) is 51.0 Å². The number of anilines is 2. The van der Waals surface area contributed by atoms with Crippen molar-refractivity contribution in [1.82, 2.24) is 14.8 Å². The molecule has 1 amide bonds. The summed E-state index contributed by atoms with van der Waals surface area (Å²) in [5, 5.41) is 10.0. The van der Waals surface area contributed by atoms with Crippen molar-refractivity contribution in [2.75, 3.05) is 10.7 Å². The summed E-state index contributed by atoms with van der Waals surface area (Å²) in [7, 11) is 0. The molecule has 1 aliphatic rings. The molecule has 2 heterocycles. The van der Waals surface area contributed by atoms with Crippen LogP contribution in [-0.4, -0.2) is 26.4 Å². The number of aryl methyl sites for hydroxylation is 2. The largest absolute Gasteiger partial charge is 0.280 e. The highest BCUT2D eigenvalue weighted by molar-refractivity contribution is 7.99. The second kappa shape index (κ2) is 12.4. The van der Waals surface area contributed by atoms with E-state index in [0.29, 0.717) is 11.1 Å². The first-order valence-corrected chi connectivity index (χ1v) is 15.7. The zero-order valence-corrected chi connectivity index (χ0v) is 25.2. The van der Waals surface area contributed by atoms with E-state index in [1.165, 1.54) is 34.0 Å². The minimum atomic E-state index is 0.0275. The van der Waals surface area contributed by atoms with Crippen LogP contribution in [0.3, 0.4) is 0 Å². The number of hydrogen-bond acceptors (Lipinski definition) is 4. The smallest absolute Gasteiger partial charge is 0.242 e. The lowest BCUT2D eigenvalue weighted by Crippen LogP contribution is -2.28. The molecule has 6 rings (SSSR count). The minimum Gasteiger partial charge on any atom is -0.280 e. The van der Waals surface area contributed by atoms with E-state index >= 15 is 0 Å². The van der Waals surface area contributed by atoms with Crippen molar-refractivity contribution in [3.8, 4) is 5.69 Å². The van der Waals surface area contributed by atoms with E-state index in [4.69, 9.17) is 0 Å². The van der Waals surface area contributed by atoms with Gasteiger partial charge < -0.3 is 0 Å². The second-order valence-electron chi connectivity index (χ2n) is 11.3. The highest BCUT2D eigenvalue weighted by atomic mass is 32.2. The number of fused-ring (bicyclic) bond motifs is 2. The number of carbonyl (C=O) groups is 1. The van der Waals surface area contributed by atoms with E-state index in [1.54, 1.807) is 0 Å². The number of para-hydroxylation sites is 3. The zero-order valence-electron chi connectivity index (χ0n) is 24.4. The van der Waals surface area contributed by atoms with Gasteiger partial charge in [-0.1, -0.05) is 111 Å². The number of nitrogens with zero attached hydrogens (tertiary/aromatic N) is 4. The van der Waals surface area contributed by atoms with Crippen molar-refractivity contribution in [3.63, 3.8) is 0 Å². The fraction of sp³-hybridized carbons (Fsp3) is 0.250. The van der Waals surface area contributed by atoms with Crippen LogP contribution in [0.15, 0.2) is 108 Å². The second-order valence-corrected chi connectivity index (χ2v) is 12.3. The van der Waals surface area contributed by atoms with Crippen LogP contribution in [0.4, 0.5) is 11.4 Å². The highest BCUT2D eigenvalue weighted by Gasteiger charge is 2.27. The van der Waals surface area contributed by atoms with E-state index in [9.17, 15) is 4.79 Å². The molecule has 0 saturated heterocycles. The van der Waals surface area contributed by atoms with E-state index in [2.05, 4.69) is 108 Å². The summed E-state index contributed by atoms with van der Waals surface area (Å²) >= 11 is 1.44. The van der Waals surface area contributed by atoms with Crippen molar-refractivity contribution < 1.29 is 4.79 Å². The van der Waals surface area contributed by atoms with Gasteiger partial charge in [0.1, 0.15) is 5.82 Å². The summed E-state index contributed by atoms with van der Waals surface area (Å²) in [6.07, 6.45) is 2.88. The lowest BCUT2D eigenvalue weighted by atomic mass is 9.96. The van der Waals surface area contributed by atoms with E-state index in [1.807, 2.05) is 35.2 Å². The third-order valence-corrected chi connectivity index (χ3v) is 8.80. The fourth-order valence-electron chi connectivity index (χ4n) is 5.78. The zero-order chi connectivity index (χ0) is 29.1. The van der Waals surface area contributed by atoms with Gasteiger partial charge in [0.25, 0.3) is 0 Å². The van der Waals surface area contributed by atoms with E-state index in [-0.39, 0.29) is 17.6 Å². The molecule has 0 spiro atoms. The Morgan fingerprint density at radius 3 is 1.98 bits per heavy atom. The predicted octanol–water partition coefficient (Wildman–Crippen LogP) is 8.17. The number of carbonyl (C=O) groups excluding carboxylic acids is 1. The highest BCUT2D eigenvalue weighted by Crippen LogP contribution is 2.37. The maximum absolute atomic E-state index is 14.0. The number of thioether (sulfide) groups is 1. The van der Waals surface area contributed by atoms with Gasteiger partial charge in [-0.15, -0.1) is 10.2 Å². The average molecular weight is 573 g/mol. The van der Waals surface area contributed by atoms with Gasteiger partial charge in [0.2, 0.25) is 5.91 Å². The Morgan fingerprint density at radius 1 is 0.762 bits per heavy atom. The van der Waals surface area contributed by atoms with Crippen LogP contribution in [0.25, 0.3) is 5.69 Å². The first kappa shape index (κ1) is 28.0. The molecule has 0 fully saturated rings. The Bertz CT molecular complexity index is 1630. The van der Waals surface area contributed by atoms with Crippen LogP contribution in [-0.2, 0) is 24.1 Å². The SMILES string of the molecule is CC(C)Cc1ccc(C(C)c2nnc(SCC(=O)N3c4ccccc4CCc4ccccc43)n2-c2ccccc2)cc1. The first-order valence-electron chi connectivity index (χ1n) is 14.7. The summed E-state index contributed by atoms with van der Waals surface area (Å²) in [5.74, 6) is 1.78.